The van der Waals surface area contributed by atoms with E-state index >= 15 is 0 Å². The van der Waals surface area contributed by atoms with E-state index in [-0.39, 0.29) is 17.1 Å². The van der Waals surface area contributed by atoms with E-state index in [2.05, 4.69) is 33.9 Å². The molecule has 0 aliphatic rings. The lowest BCUT2D eigenvalue weighted by Gasteiger charge is -2.37. The smallest absolute Gasteiger partial charge is 0.192 e. The van der Waals surface area contributed by atoms with Crippen molar-refractivity contribution < 1.29 is 9.53 Å². The Balaban J connectivity index is 4.13. The van der Waals surface area contributed by atoms with E-state index in [4.69, 9.17) is 4.43 Å². The Kier molecular flexibility index (Phi) is 4.82. The first-order chi connectivity index (χ1) is 6.08. The first-order valence-electron chi connectivity index (χ1n) is 5.40. The van der Waals surface area contributed by atoms with Crippen LogP contribution in [0.1, 0.15) is 34.6 Å². The van der Waals surface area contributed by atoms with E-state index in [0.717, 1.165) is 0 Å². The molecule has 1 atom stereocenters. The molecule has 0 spiro atoms. The van der Waals surface area contributed by atoms with Gasteiger partial charge in [-0.2, -0.15) is 0 Å². The Bertz CT molecular complexity index is 171. The molecule has 0 saturated heterocycles. The van der Waals surface area contributed by atoms with Crippen molar-refractivity contribution in [3.8, 4) is 0 Å². The summed E-state index contributed by atoms with van der Waals surface area (Å²) in [5.41, 5.74) is 0. The van der Waals surface area contributed by atoms with Crippen LogP contribution < -0.4 is 0 Å². The number of hydrogen-bond acceptors (Lipinski definition) is 2. The van der Waals surface area contributed by atoms with Crippen LogP contribution >= 0.6 is 0 Å². The molecule has 0 rings (SSSR count). The Labute approximate surface area is 89.8 Å². The van der Waals surface area contributed by atoms with Crippen LogP contribution in [0.25, 0.3) is 0 Å². The third kappa shape index (κ3) is 4.11. The Morgan fingerprint density at radius 3 is 1.93 bits per heavy atom. The van der Waals surface area contributed by atoms with Gasteiger partial charge in [-0.05, 0) is 24.1 Å². The molecule has 0 radical (unpaired) electrons. The van der Waals surface area contributed by atoms with Crippen LogP contribution in [0.5, 0.6) is 0 Å². The molecule has 0 aliphatic carbocycles. The normalized spacial score (nSPS) is 16.1. The van der Waals surface area contributed by atoms with E-state index < -0.39 is 8.32 Å². The quantitative estimate of drug-likeness (QED) is 0.735. The fraction of sp³-hybridized carbons (Fsp3) is 1.00. The third-order valence-corrected chi connectivity index (χ3v) is 7.69. The van der Waals surface area contributed by atoms with Crippen molar-refractivity contribution in [3.63, 3.8) is 0 Å². The molecule has 0 saturated carbocycles. The van der Waals surface area contributed by atoms with Crippen molar-refractivity contribution in [2.75, 3.05) is 6.61 Å². The molecule has 0 aromatic carbocycles. The average molecular weight is 218 g/mol. The zero-order chi connectivity index (χ0) is 11.6. The van der Waals surface area contributed by atoms with Gasteiger partial charge >= 0.3 is 0 Å². The minimum Gasteiger partial charge on any atom is -0.414 e. The van der Waals surface area contributed by atoms with Crippen LogP contribution in [0.3, 0.4) is 0 Å². The van der Waals surface area contributed by atoms with Crippen LogP contribution in [0.2, 0.25) is 18.1 Å². The van der Waals surface area contributed by atoms with Gasteiger partial charge in [-0.3, -0.25) is 0 Å². The molecule has 0 aromatic rings. The molecule has 0 aromatic heterocycles. The number of hydrogen-bond donors (Lipinski definition) is 1. The predicted molar refractivity (Wildman–Crippen MR) is 64.0 cm³/mol. The van der Waals surface area contributed by atoms with Gasteiger partial charge in [0.2, 0.25) is 0 Å². The van der Waals surface area contributed by atoms with Gasteiger partial charge in [0.1, 0.15) is 0 Å². The molecule has 0 unspecified atom stereocenters. The summed E-state index contributed by atoms with van der Waals surface area (Å²) in [6, 6.07) is 0. The van der Waals surface area contributed by atoms with Crippen LogP contribution in [-0.2, 0) is 4.43 Å². The summed E-state index contributed by atoms with van der Waals surface area (Å²) < 4.78 is 5.91. The summed E-state index contributed by atoms with van der Waals surface area (Å²) in [4.78, 5) is 0. The predicted octanol–water partition coefficient (Wildman–Crippen LogP) is 3.03. The minimum atomic E-state index is -1.67. The lowest BCUT2D eigenvalue weighted by Crippen LogP contribution is -2.43. The number of aliphatic hydroxyl groups excluding tert-OH is 1. The third-order valence-electron chi connectivity index (χ3n) is 3.19. The fourth-order valence-corrected chi connectivity index (χ4v) is 1.72. The van der Waals surface area contributed by atoms with Gasteiger partial charge in [0.25, 0.3) is 0 Å². The summed E-state index contributed by atoms with van der Waals surface area (Å²) in [6.45, 7) is 15.6. The first-order valence-corrected chi connectivity index (χ1v) is 8.31. The summed E-state index contributed by atoms with van der Waals surface area (Å²) in [6.07, 6.45) is -0.330. The zero-order valence-electron chi connectivity index (χ0n) is 10.7. The summed E-state index contributed by atoms with van der Waals surface area (Å²) >= 11 is 0. The van der Waals surface area contributed by atoms with Crippen molar-refractivity contribution in [3.05, 3.63) is 0 Å². The number of aliphatic hydroxyl groups is 1. The van der Waals surface area contributed by atoms with Crippen LogP contribution in [0.4, 0.5) is 0 Å². The molecule has 0 aliphatic heterocycles. The van der Waals surface area contributed by atoms with E-state index in [1.807, 2.05) is 13.8 Å². The molecular formula is C11H26O2Si. The largest absolute Gasteiger partial charge is 0.414 e. The molecule has 0 heterocycles. The Morgan fingerprint density at radius 1 is 1.21 bits per heavy atom. The van der Waals surface area contributed by atoms with E-state index in [1.54, 1.807) is 0 Å². The highest BCUT2D eigenvalue weighted by Crippen LogP contribution is 2.36. The van der Waals surface area contributed by atoms with Crippen LogP contribution in [-0.4, -0.2) is 26.1 Å². The maximum absolute atomic E-state index is 9.65. The monoisotopic (exact) mass is 218 g/mol. The second kappa shape index (κ2) is 4.77. The topological polar surface area (TPSA) is 29.5 Å². The van der Waals surface area contributed by atoms with Gasteiger partial charge in [0.15, 0.2) is 8.32 Å². The van der Waals surface area contributed by atoms with Crippen LogP contribution in [0, 0.1) is 5.92 Å². The highest BCUT2D eigenvalue weighted by atomic mass is 28.4. The summed E-state index contributed by atoms with van der Waals surface area (Å²) in [7, 11) is -1.67. The summed E-state index contributed by atoms with van der Waals surface area (Å²) in [5, 5.41) is 9.88. The van der Waals surface area contributed by atoms with E-state index in [1.165, 1.54) is 0 Å². The van der Waals surface area contributed by atoms with Crippen LogP contribution in [0.15, 0.2) is 0 Å². The van der Waals surface area contributed by atoms with Gasteiger partial charge < -0.3 is 9.53 Å². The number of rotatable bonds is 4. The van der Waals surface area contributed by atoms with Crippen molar-refractivity contribution in [1.29, 1.82) is 0 Å². The zero-order valence-corrected chi connectivity index (χ0v) is 11.7. The summed E-state index contributed by atoms with van der Waals surface area (Å²) in [5.74, 6) is 0.278. The highest BCUT2D eigenvalue weighted by Gasteiger charge is 2.37. The van der Waals surface area contributed by atoms with Gasteiger partial charge in [0.05, 0.1) is 12.7 Å². The second-order valence-electron chi connectivity index (χ2n) is 5.88. The average Bonchev–Trinajstić information content (AvgIpc) is 1.97. The van der Waals surface area contributed by atoms with Crippen molar-refractivity contribution in [2.24, 2.45) is 5.92 Å². The maximum Gasteiger partial charge on any atom is 0.192 e. The SMILES string of the molecule is CC(C)[C@H](O)CO[Si](C)(C)C(C)(C)C. The molecule has 86 valence electrons. The Hall–Kier alpha value is 0.137. The molecule has 0 fully saturated rings. The molecular weight excluding hydrogens is 192 g/mol. The van der Waals surface area contributed by atoms with Crippen molar-refractivity contribution in [2.45, 2.75) is 58.9 Å². The molecule has 14 heavy (non-hydrogen) atoms. The van der Waals surface area contributed by atoms with Crippen molar-refractivity contribution >= 4 is 8.32 Å². The van der Waals surface area contributed by atoms with E-state index in [9.17, 15) is 5.11 Å². The maximum atomic E-state index is 9.65. The molecule has 0 bridgehead atoms. The van der Waals surface area contributed by atoms with Gasteiger partial charge in [-0.15, -0.1) is 0 Å². The molecule has 0 amide bonds. The van der Waals surface area contributed by atoms with Gasteiger partial charge in [-0.25, -0.2) is 0 Å². The lowest BCUT2D eigenvalue weighted by atomic mass is 10.1. The minimum absolute atomic E-state index is 0.226. The molecule has 3 heteroatoms. The fourth-order valence-electron chi connectivity index (χ4n) is 0.703. The molecule has 1 N–H and O–H groups in total. The lowest BCUT2D eigenvalue weighted by molar-refractivity contribution is 0.0642. The van der Waals surface area contributed by atoms with Gasteiger partial charge in [0, 0.05) is 0 Å². The second-order valence-corrected chi connectivity index (χ2v) is 10.7. The van der Waals surface area contributed by atoms with E-state index in [0.29, 0.717) is 6.61 Å². The standard InChI is InChI=1S/C11H26O2Si/c1-9(2)10(12)8-13-14(6,7)11(3,4)5/h9-10,12H,8H2,1-7H3/t10-/m1/s1. The van der Waals surface area contributed by atoms with Gasteiger partial charge in [-0.1, -0.05) is 34.6 Å². The molecule has 2 nitrogen and oxygen atoms in total. The van der Waals surface area contributed by atoms with Crippen molar-refractivity contribution in [1.82, 2.24) is 0 Å². The highest BCUT2D eigenvalue weighted by molar-refractivity contribution is 6.74. The Morgan fingerprint density at radius 2 is 1.64 bits per heavy atom. The first kappa shape index (κ1) is 14.1.